The summed E-state index contributed by atoms with van der Waals surface area (Å²) in [7, 11) is 0. The lowest BCUT2D eigenvalue weighted by molar-refractivity contribution is -0.384. The third-order valence-corrected chi connectivity index (χ3v) is 7.88. The molecule has 0 bridgehead atoms. The number of carbonyl (C=O) groups is 1. The molecule has 0 aromatic heterocycles. The van der Waals surface area contributed by atoms with E-state index in [1.807, 2.05) is 43.5 Å². The third kappa shape index (κ3) is 6.35. The number of hydrogen-bond donors (Lipinski definition) is 0. The fraction of sp³-hybridized carbons (Fsp3) is 0.154. The SMILES string of the molecule is CCOc1cc(/C=C2/SC(=S)N(c3cccc(SC)c3)C2=O)cc(Br)c1OCc1ccc([N+](=O)[O-])cc1. The molecule has 3 aromatic rings. The molecule has 0 N–H and O–H groups in total. The van der Waals surface area contributed by atoms with Crippen LogP contribution in [0.15, 0.2) is 74.9 Å². The van der Waals surface area contributed by atoms with Crippen LogP contribution in [0.5, 0.6) is 11.5 Å². The van der Waals surface area contributed by atoms with Gasteiger partial charge in [-0.05, 0) is 88.8 Å². The smallest absolute Gasteiger partial charge is 0.270 e. The predicted octanol–water partition coefficient (Wildman–Crippen LogP) is 7.46. The number of amides is 1. The number of hydrogen-bond acceptors (Lipinski definition) is 8. The van der Waals surface area contributed by atoms with Gasteiger partial charge in [0.1, 0.15) is 6.61 Å². The average Bonchev–Trinajstić information content (AvgIpc) is 3.16. The van der Waals surface area contributed by atoms with Gasteiger partial charge in [0, 0.05) is 17.0 Å². The lowest BCUT2D eigenvalue weighted by atomic mass is 10.1. The maximum absolute atomic E-state index is 13.2. The number of nitro benzene ring substituents is 1. The highest BCUT2D eigenvalue weighted by molar-refractivity contribution is 9.10. The molecule has 37 heavy (non-hydrogen) atoms. The Bertz CT molecular complexity index is 1400. The first kappa shape index (κ1) is 27.2. The van der Waals surface area contributed by atoms with Crippen molar-refractivity contribution in [3.05, 3.63) is 91.3 Å². The molecule has 1 aliphatic heterocycles. The number of nitro groups is 1. The molecule has 0 spiro atoms. The van der Waals surface area contributed by atoms with Crippen molar-refractivity contribution in [1.29, 1.82) is 0 Å². The molecule has 0 unspecified atom stereocenters. The lowest BCUT2D eigenvalue weighted by Gasteiger charge is -2.15. The summed E-state index contributed by atoms with van der Waals surface area (Å²) in [5.41, 5.74) is 2.28. The van der Waals surface area contributed by atoms with E-state index in [0.29, 0.717) is 31.8 Å². The maximum atomic E-state index is 13.2. The first-order valence-corrected chi connectivity index (χ1v) is 14.3. The number of benzene rings is 3. The third-order valence-electron chi connectivity index (χ3n) is 5.27. The van der Waals surface area contributed by atoms with Crippen molar-refractivity contribution in [2.75, 3.05) is 17.8 Å². The second-order valence-corrected chi connectivity index (χ2v) is 11.1. The molecule has 190 valence electrons. The minimum atomic E-state index is -0.442. The zero-order valence-corrected chi connectivity index (χ0v) is 23.8. The Balaban J connectivity index is 1.57. The Morgan fingerprint density at radius 3 is 2.59 bits per heavy atom. The summed E-state index contributed by atoms with van der Waals surface area (Å²) in [4.78, 5) is 26.8. The van der Waals surface area contributed by atoms with Crippen LogP contribution in [0.3, 0.4) is 0 Å². The first-order valence-electron chi connectivity index (χ1n) is 11.0. The van der Waals surface area contributed by atoms with Gasteiger partial charge in [-0.2, -0.15) is 0 Å². The van der Waals surface area contributed by atoms with Gasteiger partial charge >= 0.3 is 0 Å². The van der Waals surface area contributed by atoms with Gasteiger partial charge in [0.15, 0.2) is 15.8 Å². The minimum absolute atomic E-state index is 0.0201. The zero-order valence-electron chi connectivity index (χ0n) is 19.8. The van der Waals surface area contributed by atoms with Gasteiger partial charge in [0.25, 0.3) is 11.6 Å². The number of carbonyl (C=O) groups excluding carboxylic acids is 1. The molecule has 1 amide bonds. The van der Waals surface area contributed by atoms with Crippen molar-refractivity contribution >= 4 is 79.4 Å². The molecule has 1 saturated heterocycles. The first-order chi connectivity index (χ1) is 17.8. The highest BCUT2D eigenvalue weighted by Gasteiger charge is 2.33. The number of anilines is 1. The van der Waals surface area contributed by atoms with Crippen LogP contribution in [-0.2, 0) is 11.4 Å². The molecule has 7 nitrogen and oxygen atoms in total. The lowest BCUT2D eigenvalue weighted by Crippen LogP contribution is -2.27. The second-order valence-electron chi connectivity index (χ2n) is 7.69. The van der Waals surface area contributed by atoms with E-state index in [1.165, 1.54) is 23.9 Å². The molecule has 3 aromatic carbocycles. The van der Waals surface area contributed by atoms with E-state index in [1.54, 1.807) is 40.9 Å². The zero-order chi connectivity index (χ0) is 26.5. The van der Waals surface area contributed by atoms with Gasteiger partial charge in [-0.15, -0.1) is 11.8 Å². The molecule has 1 aliphatic rings. The van der Waals surface area contributed by atoms with Crippen molar-refractivity contribution in [2.45, 2.75) is 18.4 Å². The van der Waals surface area contributed by atoms with Gasteiger partial charge in [-0.25, -0.2) is 0 Å². The molecule has 11 heteroatoms. The van der Waals surface area contributed by atoms with Gasteiger partial charge in [-0.3, -0.25) is 19.8 Å². The van der Waals surface area contributed by atoms with E-state index in [0.717, 1.165) is 21.7 Å². The fourth-order valence-corrected chi connectivity index (χ4v) is 5.86. The normalized spacial score (nSPS) is 14.4. The maximum Gasteiger partial charge on any atom is 0.270 e. The average molecular weight is 618 g/mol. The van der Waals surface area contributed by atoms with E-state index < -0.39 is 4.92 Å². The highest BCUT2D eigenvalue weighted by Crippen LogP contribution is 2.41. The quantitative estimate of drug-likeness (QED) is 0.0805. The Labute approximate surface area is 236 Å². The van der Waals surface area contributed by atoms with E-state index >= 15 is 0 Å². The van der Waals surface area contributed by atoms with Crippen molar-refractivity contribution in [3.8, 4) is 11.5 Å². The molecule has 0 saturated carbocycles. The van der Waals surface area contributed by atoms with Crippen molar-refractivity contribution < 1.29 is 19.2 Å². The van der Waals surface area contributed by atoms with Crippen molar-refractivity contribution in [3.63, 3.8) is 0 Å². The monoisotopic (exact) mass is 616 g/mol. The van der Waals surface area contributed by atoms with Crippen molar-refractivity contribution in [2.24, 2.45) is 0 Å². The standard InChI is InChI=1S/C26H21BrN2O5S3/c1-3-33-22-12-17(11-21(27)24(22)34-15-16-7-9-18(10-8-16)29(31)32)13-23-25(30)28(26(35)37-23)19-5-4-6-20(14-19)36-2/h4-14H,3,15H2,1-2H3/b23-13+. The largest absolute Gasteiger partial charge is 0.490 e. The van der Waals surface area contributed by atoms with Crippen LogP contribution in [0.1, 0.15) is 18.1 Å². The van der Waals surface area contributed by atoms with E-state index in [9.17, 15) is 14.9 Å². The Morgan fingerprint density at radius 2 is 1.92 bits per heavy atom. The summed E-state index contributed by atoms with van der Waals surface area (Å²) in [6, 6.07) is 17.5. The fourth-order valence-electron chi connectivity index (χ4n) is 3.53. The summed E-state index contributed by atoms with van der Waals surface area (Å²) in [5, 5.41) is 10.9. The molecule has 0 atom stereocenters. The molecular weight excluding hydrogens is 596 g/mol. The van der Waals surface area contributed by atoms with E-state index in [-0.39, 0.29) is 18.2 Å². The Kier molecular flexibility index (Phi) is 8.91. The number of halogens is 1. The molecule has 4 rings (SSSR count). The second kappa shape index (κ2) is 12.1. The van der Waals surface area contributed by atoms with Gasteiger partial charge in [-0.1, -0.05) is 30.0 Å². The number of ether oxygens (including phenoxy) is 2. The van der Waals surface area contributed by atoms with Crippen LogP contribution in [0.25, 0.3) is 6.08 Å². The number of thioether (sulfide) groups is 2. The number of non-ortho nitro benzene ring substituents is 1. The number of nitrogens with zero attached hydrogens (tertiary/aromatic N) is 2. The Hall–Kier alpha value is -2.86. The van der Waals surface area contributed by atoms with Crippen LogP contribution in [-0.4, -0.2) is 28.0 Å². The predicted molar refractivity (Wildman–Crippen MR) is 157 cm³/mol. The Morgan fingerprint density at radius 1 is 1.16 bits per heavy atom. The van der Waals surface area contributed by atoms with E-state index in [2.05, 4.69) is 15.9 Å². The summed E-state index contributed by atoms with van der Waals surface area (Å²) in [5.74, 6) is 0.827. The molecule has 1 heterocycles. The topological polar surface area (TPSA) is 81.9 Å². The summed E-state index contributed by atoms with van der Waals surface area (Å²) in [6.45, 7) is 2.48. The van der Waals surface area contributed by atoms with Crippen molar-refractivity contribution in [1.82, 2.24) is 0 Å². The summed E-state index contributed by atoms with van der Waals surface area (Å²) < 4.78 is 12.9. The minimum Gasteiger partial charge on any atom is -0.490 e. The van der Waals surface area contributed by atoms with Gasteiger partial charge in [0.05, 0.1) is 26.6 Å². The summed E-state index contributed by atoms with van der Waals surface area (Å²) in [6.07, 6.45) is 3.77. The van der Waals surface area contributed by atoms with Gasteiger partial charge in [0.2, 0.25) is 0 Å². The van der Waals surface area contributed by atoms with Crippen LogP contribution < -0.4 is 14.4 Å². The molecule has 0 radical (unpaired) electrons. The van der Waals surface area contributed by atoms with Gasteiger partial charge < -0.3 is 9.47 Å². The number of rotatable bonds is 9. The van der Waals surface area contributed by atoms with Crippen LogP contribution in [0.4, 0.5) is 11.4 Å². The van der Waals surface area contributed by atoms with Crippen LogP contribution >= 0.6 is 51.7 Å². The molecule has 0 aliphatic carbocycles. The summed E-state index contributed by atoms with van der Waals surface area (Å²) >= 11 is 11.9. The van der Waals surface area contributed by atoms with Crippen LogP contribution in [0.2, 0.25) is 0 Å². The highest BCUT2D eigenvalue weighted by atomic mass is 79.9. The number of thiocarbonyl (C=S) groups is 1. The van der Waals surface area contributed by atoms with Crippen LogP contribution in [0, 0.1) is 10.1 Å². The van der Waals surface area contributed by atoms with E-state index in [4.69, 9.17) is 21.7 Å². The molecular formula is C26H21BrN2O5S3. The molecule has 1 fully saturated rings.